The second-order valence-corrected chi connectivity index (χ2v) is 4.75. The Morgan fingerprint density at radius 3 is 2.33 bits per heavy atom. The van der Waals surface area contributed by atoms with Gasteiger partial charge in [0.1, 0.15) is 0 Å². The van der Waals surface area contributed by atoms with Crippen molar-refractivity contribution in [1.29, 1.82) is 0 Å². The van der Waals surface area contributed by atoms with E-state index in [0.717, 1.165) is 44.9 Å². The first-order chi connectivity index (χ1) is 7.26. The lowest BCUT2D eigenvalue weighted by molar-refractivity contribution is -0.167. The van der Waals surface area contributed by atoms with E-state index in [4.69, 9.17) is 11.2 Å². The van der Waals surface area contributed by atoms with Gasteiger partial charge in [0.05, 0.1) is 5.92 Å². The molecule has 2 nitrogen and oxygen atoms in total. The van der Waals surface area contributed by atoms with Gasteiger partial charge in [0.15, 0.2) is 5.60 Å². The highest BCUT2D eigenvalue weighted by molar-refractivity contribution is 5.73. The third kappa shape index (κ3) is 2.17. The summed E-state index contributed by atoms with van der Waals surface area (Å²) in [4.78, 5) is 11.8. The predicted octanol–water partition coefficient (Wildman–Crippen LogP) is 2.67. The summed E-state index contributed by atoms with van der Waals surface area (Å²) in [5.41, 5.74) is -0.533. The van der Waals surface area contributed by atoms with Gasteiger partial charge in [-0.3, -0.25) is 4.79 Å². The third-order valence-electron chi connectivity index (χ3n) is 3.66. The van der Waals surface area contributed by atoms with Crippen LogP contribution in [0.3, 0.4) is 0 Å². The van der Waals surface area contributed by atoms with Crippen LogP contribution in [0.1, 0.15) is 51.4 Å². The van der Waals surface area contributed by atoms with Crippen molar-refractivity contribution in [2.45, 2.75) is 57.0 Å². The molecule has 0 bridgehead atoms. The number of rotatable bonds is 2. The zero-order valence-electron chi connectivity index (χ0n) is 9.13. The number of esters is 1. The Bertz CT molecular complexity index is 277. The van der Waals surface area contributed by atoms with E-state index >= 15 is 0 Å². The topological polar surface area (TPSA) is 26.3 Å². The van der Waals surface area contributed by atoms with Crippen LogP contribution in [0.4, 0.5) is 0 Å². The van der Waals surface area contributed by atoms with E-state index in [9.17, 15) is 4.79 Å². The van der Waals surface area contributed by atoms with Gasteiger partial charge in [-0.2, -0.15) is 0 Å². The SMILES string of the molecule is C#CC1(OC(=O)C2CCCCC2)CCC1. The molecule has 0 unspecified atom stereocenters. The van der Waals surface area contributed by atoms with Crippen LogP contribution in [-0.2, 0) is 9.53 Å². The fourth-order valence-electron chi connectivity index (χ4n) is 2.39. The lowest BCUT2D eigenvalue weighted by atomic mass is 9.80. The Balaban J connectivity index is 1.88. The Kier molecular flexibility index (Phi) is 3.00. The molecule has 82 valence electrons. The Morgan fingerprint density at radius 2 is 1.87 bits per heavy atom. The monoisotopic (exact) mass is 206 g/mol. The highest BCUT2D eigenvalue weighted by Gasteiger charge is 2.40. The number of hydrogen-bond acceptors (Lipinski definition) is 2. The summed E-state index contributed by atoms with van der Waals surface area (Å²) in [6.45, 7) is 0. The first-order valence-corrected chi connectivity index (χ1v) is 5.96. The maximum atomic E-state index is 11.8. The van der Waals surface area contributed by atoms with Crippen molar-refractivity contribution in [3.05, 3.63) is 0 Å². The molecule has 2 fully saturated rings. The minimum Gasteiger partial charge on any atom is -0.446 e. The van der Waals surface area contributed by atoms with Crippen molar-refractivity contribution in [3.8, 4) is 12.3 Å². The molecule has 2 heteroatoms. The first kappa shape index (κ1) is 10.5. The molecule has 2 aliphatic carbocycles. The third-order valence-corrected chi connectivity index (χ3v) is 3.66. The molecule has 0 saturated heterocycles. The van der Waals surface area contributed by atoms with Crippen LogP contribution in [0, 0.1) is 18.3 Å². The number of terminal acetylenes is 1. The van der Waals surface area contributed by atoms with Gasteiger partial charge in [0.25, 0.3) is 0 Å². The number of hydrogen-bond donors (Lipinski definition) is 0. The number of carbonyl (C=O) groups is 1. The van der Waals surface area contributed by atoms with Crippen molar-refractivity contribution in [2.75, 3.05) is 0 Å². The number of ether oxygens (including phenoxy) is 1. The zero-order valence-corrected chi connectivity index (χ0v) is 9.13. The largest absolute Gasteiger partial charge is 0.446 e. The minimum absolute atomic E-state index is 0.0487. The van der Waals surface area contributed by atoms with Crippen molar-refractivity contribution < 1.29 is 9.53 Å². The Labute approximate surface area is 91.4 Å². The predicted molar refractivity (Wildman–Crippen MR) is 58.1 cm³/mol. The molecule has 0 heterocycles. The molecule has 0 spiro atoms. The summed E-state index contributed by atoms with van der Waals surface area (Å²) >= 11 is 0. The summed E-state index contributed by atoms with van der Waals surface area (Å²) < 4.78 is 5.49. The Hall–Kier alpha value is -0.970. The highest BCUT2D eigenvalue weighted by Crippen LogP contribution is 2.36. The molecule has 0 amide bonds. The minimum atomic E-state index is -0.533. The van der Waals surface area contributed by atoms with Gasteiger partial charge < -0.3 is 4.74 Å². The summed E-state index contributed by atoms with van der Waals surface area (Å²) in [6, 6.07) is 0. The second kappa shape index (κ2) is 4.26. The molecular formula is C13H18O2. The average Bonchev–Trinajstić information content (AvgIpc) is 2.24. The van der Waals surface area contributed by atoms with Crippen LogP contribution in [0.15, 0.2) is 0 Å². The van der Waals surface area contributed by atoms with Gasteiger partial charge >= 0.3 is 5.97 Å². The standard InChI is InChI=1S/C13H18O2/c1-2-13(9-6-10-13)15-12(14)11-7-4-3-5-8-11/h1,11H,3-10H2. The molecule has 0 aliphatic heterocycles. The summed E-state index contributed by atoms with van der Waals surface area (Å²) in [5, 5.41) is 0. The molecule has 2 rings (SSSR count). The smallest absolute Gasteiger partial charge is 0.310 e. The van der Waals surface area contributed by atoms with E-state index in [-0.39, 0.29) is 11.9 Å². The van der Waals surface area contributed by atoms with Crippen molar-refractivity contribution in [2.24, 2.45) is 5.92 Å². The molecule has 0 aromatic heterocycles. The molecule has 0 atom stereocenters. The van der Waals surface area contributed by atoms with E-state index < -0.39 is 5.60 Å². The normalized spacial score (nSPS) is 25.0. The summed E-state index contributed by atoms with van der Waals surface area (Å²) in [5.74, 6) is 2.71. The van der Waals surface area contributed by atoms with Crippen LogP contribution in [0.2, 0.25) is 0 Å². The van der Waals surface area contributed by atoms with Crippen LogP contribution in [0.5, 0.6) is 0 Å². The van der Waals surface area contributed by atoms with Crippen molar-refractivity contribution in [3.63, 3.8) is 0 Å². The molecule has 15 heavy (non-hydrogen) atoms. The molecule has 0 N–H and O–H groups in total. The maximum absolute atomic E-state index is 11.8. The zero-order chi connectivity index (χ0) is 10.7. The summed E-state index contributed by atoms with van der Waals surface area (Å²) in [6.07, 6.45) is 13.7. The van der Waals surface area contributed by atoms with Gasteiger partial charge in [-0.15, -0.1) is 6.42 Å². The molecule has 0 aromatic rings. The van der Waals surface area contributed by atoms with E-state index in [2.05, 4.69) is 5.92 Å². The molecule has 0 radical (unpaired) electrons. The van der Waals surface area contributed by atoms with E-state index in [1.807, 2.05) is 0 Å². The van der Waals surface area contributed by atoms with Gasteiger partial charge in [-0.25, -0.2) is 0 Å². The lowest BCUT2D eigenvalue weighted by Crippen LogP contribution is -2.42. The molecule has 0 aromatic carbocycles. The molecular weight excluding hydrogens is 188 g/mol. The van der Waals surface area contributed by atoms with E-state index in [0.29, 0.717) is 0 Å². The quantitative estimate of drug-likeness (QED) is 0.513. The number of carbonyl (C=O) groups excluding carboxylic acids is 1. The highest BCUT2D eigenvalue weighted by atomic mass is 16.6. The fourth-order valence-corrected chi connectivity index (χ4v) is 2.39. The average molecular weight is 206 g/mol. The van der Waals surface area contributed by atoms with Gasteiger partial charge in [-0.05, 0) is 32.1 Å². The molecule has 2 aliphatic rings. The van der Waals surface area contributed by atoms with Gasteiger partial charge in [-0.1, -0.05) is 25.2 Å². The van der Waals surface area contributed by atoms with E-state index in [1.54, 1.807) is 0 Å². The van der Waals surface area contributed by atoms with Crippen LogP contribution >= 0.6 is 0 Å². The van der Waals surface area contributed by atoms with Gasteiger partial charge in [0, 0.05) is 0 Å². The second-order valence-electron chi connectivity index (χ2n) is 4.75. The molecule has 2 saturated carbocycles. The maximum Gasteiger partial charge on any atom is 0.310 e. The van der Waals surface area contributed by atoms with Crippen LogP contribution < -0.4 is 0 Å². The Morgan fingerprint density at radius 1 is 1.20 bits per heavy atom. The van der Waals surface area contributed by atoms with Crippen LogP contribution in [0.25, 0.3) is 0 Å². The van der Waals surface area contributed by atoms with Crippen molar-refractivity contribution in [1.82, 2.24) is 0 Å². The van der Waals surface area contributed by atoms with Crippen LogP contribution in [-0.4, -0.2) is 11.6 Å². The van der Waals surface area contributed by atoms with Gasteiger partial charge in [0.2, 0.25) is 0 Å². The van der Waals surface area contributed by atoms with E-state index in [1.165, 1.54) is 6.42 Å². The summed E-state index contributed by atoms with van der Waals surface area (Å²) in [7, 11) is 0. The fraction of sp³-hybridized carbons (Fsp3) is 0.769. The lowest BCUT2D eigenvalue weighted by Gasteiger charge is -2.37. The first-order valence-electron chi connectivity index (χ1n) is 5.96. The van der Waals surface area contributed by atoms with Crippen molar-refractivity contribution >= 4 is 5.97 Å².